The molecule has 1 saturated carbocycles. The highest BCUT2D eigenvalue weighted by molar-refractivity contribution is 5.80. The number of amides is 1. The Morgan fingerprint density at radius 3 is 2.65 bits per heavy atom. The number of hydrogen-bond donors (Lipinski definition) is 1. The summed E-state index contributed by atoms with van der Waals surface area (Å²) in [6.45, 7) is 2.24. The van der Waals surface area contributed by atoms with Gasteiger partial charge in [-0.25, -0.2) is 8.78 Å². The van der Waals surface area contributed by atoms with Crippen molar-refractivity contribution in [2.75, 3.05) is 26.2 Å². The topological polar surface area (TPSA) is 32.3 Å². The van der Waals surface area contributed by atoms with Gasteiger partial charge in [-0.1, -0.05) is 0 Å². The lowest BCUT2D eigenvalue weighted by Crippen LogP contribution is -2.51. The Balaban J connectivity index is 1.69. The molecule has 0 radical (unpaired) electrons. The van der Waals surface area contributed by atoms with Gasteiger partial charge >= 0.3 is 0 Å². The summed E-state index contributed by atoms with van der Waals surface area (Å²) < 4.78 is 27.5. The van der Waals surface area contributed by atoms with Crippen molar-refractivity contribution in [1.82, 2.24) is 10.2 Å². The molecule has 0 spiro atoms. The first-order valence-electron chi connectivity index (χ1n) is 6.45. The lowest BCUT2D eigenvalue weighted by molar-refractivity contribution is -0.136. The molecule has 1 amide bonds. The SMILES string of the molecule is O=C(C1CNC1)N1C[C@H]2CCCC(F)(F)[C@H]2C1. The molecule has 0 aromatic carbocycles. The Labute approximate surface area is 99.5 Å². The van der Waals surface area contributed by atoms with Crippen molar-refractivity contribution in [2.45, 2.75) is 25.2 Å². The van der Waals surface area contributed by atoms with E-state index in [0.29, 0.717) is 26.1 Å². The summed E-state index contributed by atoms with van der Waals surface area (Å²) in [5.74, 6) is -3.02. The fourth-order valence-corrected chi connectivity index (χ4v) is 3.33. The average molecular weight is 244 g/mol. The number of nitrogens with zero attached hydrogens (tertiary/aromatic N) is 1. The first-order chi connectivity index (χ1) is 8.08. The highest BCUT2D eigenvalue weighted by atomic mass is 19.3. The molecule has 2 atom stereocenters. The number of alkyl halides is 2. The third-order valence-electron chi connectivity index (χ3n) is 4.51. The van der Waals surface area contributed by atoms with Crippen molar-refractivity contribution in [2.24, 2.45) is 17.8 Å². The van der Waals surface area contributed by atoms with Crippen LogP contribution in [0, 0.1) is 17.8 Å². The van der Waals surface area contributed by atoms with E-state index in [4.69, 9.17) is 0 Å². The molecule has 0 aromatic rings. The Morgan fingerprint density at radius 2 is 2.06 bits per heavy atom. The lowest BCUT2D eigenvalue weighted by atomic mass is 9.79. The molecule has 0 aromatic heterocycles. The fourth-order valence-electron chi connectivity index (χ4n) is 3.33. The third kappa shape index (κ3) is 1.84. The van der Waals surface area contributed by atoms with Crippen LogP contribution in [0.15, 0.2) is 0 Å². The molecule has 2 heterocycles. The van der Waals surface area contributed by atoms with Crippen molar-refractivity contribution < 1.29 is 13.6 Å². The summed E-state index contributed by atoms with van der Waals surface area (Å²) in [6, 6.07) is 0. The minimum Gasteiger partial charge on any atom is -0.342 e. The molecular formula is C12H18F2N2O. The molecule has 0 unspecified atom stereocenters. The maximum atomic E-state index is 13.7. The molecule has 3 rings (SSSR count). The summed E-state index contributed by atoms with van der Waals surface area (Å²) in [5, 5.41) is 3.05. The van der Waals surface area contributed by atoms with Crippen LogP contribution in [0.5, 0.6) is 0 Å². The second-order valence-electron chi connectivity index (χ2n) is 5.62. The van der Waals surface area contributed by atoms with Gasteiger partial charge in [-0.2, -0.15) is 0 Å². The maximum Gasteiger partial charge on any atom is 0.252 e. The minimum atomic E-state index is -2.56. The van der Waals surface area contributed by atoms with Crippen LogP contribution in [0.1, 0.15) is 19.3 Å². The van der Waals surface area contributed by atoms with E-state index in [2.05, 4.69) is 5.32 Å². The number of nitrogens with one attached hydrogen (secondary N) is 1. The number of carbonyl (C=O) groups is 1. The molecule has 3 nitrogen and oxygen atoms in total. The van der Waals surface area contributed by atoms with Gasteiger partial charge in [0, 0.05) is 38.5 Å². The smallest absolute Gasteiger partial charge is 0.252 e. The van der Waals surface area contributed by atoms with Crippen LogP contribution in [0.4, 0.5) is 8.78 Å². The first-order valence-corrected chi connectivity index (χ1v) is 6.45. The van der Waals surface area contributed by atoms with E-state index in [1.54, 1.807) is 4.90 Å². The van der Waals surface area contributed by atoms with Crippen LogP contribution in [0.25, 0.3) is 0 Å². The highest BCUT2D eigenvalue weighted by Gasteiger charge is 2.52. The molecule has 5 heteroatoms. The Kier molecular flexibility index (Phi) is 2.61. The normalized spacial score (nSPS) is 36.5. The van der Waals surface area contributed by atoms with Crippen LogP contribution in [-0.2, 0) is 4.79 Å². The van der Waals surface area contributed by atoms with E-state index in [0.717, 1.165) is 6.42 Å². The molecule has 2 aliphatic heterocycles. The van der Waals surface area contributed by atoms with Crippen molar-refractivity contribution in [1.29, 1.82) is 0 Å². The summed E-state index contributed by atoms with van der Waals surface area (Å²) in [5.41, 5.74) is 0. The van der Waals surface area contributed by atoms with Gasteiger partial charge in [-0.3, -0.25) is 4.79 Å². The number of fused-ring (bicyclic) bond motifs is 1. The lowest BCUT2D eigenvalue weighted by Gasteiger charge is -2.32. The molecular weight excluding hydrogens is 226 g/mol. The molecule has 3 aliphatic rings. The zero-order chi connectivity index (χ0) is 12.0. The molecule has 1 N–H and O–H groups in total. The van der Waals surface area contributed by atoms with Crippen molar-refractivity contribution >= 4 is 5.91 Å². The van der Waals surface area contributed by atoms with Crippen LogP contribution in [-0.4, -0.2) is 42.9 Å². The van der Waals surface area contributed by atoms with Crippen molar-refractivity contribution in [3.8, 4) is 0 Å². The molecule has 1 aliphatic carbocycles. The van der Waals surface area contributed by atoms with E-state index >= 15 is 0 Å². The summed E-state index contributed by atoms with van der Waals surface area (Å²) in [4.78, 5) is 13.7. The Morgan fingerprint density at radius 1 is 1.29 bits per heavy atom. The summed E-state index contributed by atoms with van der Waals surface area (Å²) in [7, 11) is 0. The van der Waals surface area contributed by atoms with Crippen LogP contribution < -0.4 is 5.32 Å². The van der Waals surface area contributed by atoms with Crippen LogP contribution in [0.2, 0.25) is 0 Å². The zero-order valence-electron chi connectivity index (χ0n) is 9.79. The number of likely N-dealkylation sites (tertiary alicyclic amines) is 1. The summed E-state index contributed by atoms with van der Waals surface area (Å²) >= 11 is 0. The number of carbonyl (C=O) groups excluding carboxylic acids is 1. The number of rotatable bonds is 1. The van der Waals surface area contributed by atoms with Gasteiger partial charge in [-0.05, 0) is 18.8 Å². The molecule has 96 valence electrons. The van der Waals surface area contributed by atoms with Gasteiger partial charge in [0.2, 0.25) is 5.91 Å². The second kappa shape index (κ2) is 3.90. The Hall–Kier alpha value is -0.710. The van der Waals surface area contributed by atoms with Crippen molar-refractivity contribution in [3.05, 3.63) is 0 Å². The largest absolute Gasteiger partial charge is 0.342 e. The average Bonchev–Trinajstić information content (AvgIpc) is 2.59. The van der Waals surface area contributed by atoms with E-state index in [-0.39, 0.29) is 30.7 Å². The van der Waals surface area contributed by atoms with Gasteiger partial charge in [0.1, 0.15) is 0 Å². The second-order valence-corrected chi connectivity index (χ2v) is 5.62. The minimum absolute atomic E-state index is 0.00117. The van der Waals surface area contributed by atoms with E-state index in [1.165, 1.54) is 0 Å². The van der Waals surface area contributed by atoms with E-state index in [1.807, 2.05) is 0 Å². The Bertz CT molecular complexity index is 330. The van der Waals surface area contributed by atoms with Gasteiger partial charge in [0.05, 0.1) is 5.92 Å². The maximum absolute atomic E-state index is 13.7. The predicted octanol–water partition coefficient (Wildman–Crippen LogP) is 1.10. The third-order valence-corrected chi connectivity index (χ3v) is 4.51. The van der Waals surface area contributed by atoms with Gasteiger partial charge in [-0.15, -0.1) is 0 Å². The number of halogens is 2. The van der Waals surface area contributed by atoms with Crippen LogP contribution >= 0.6 is 0 Å². The highest BCUT2D eigenvalue weighted by Crippen LogP contribution is 2.46. The summed E-state index contributed by atoms with van der Waals surface area (Å²) in [6.07, 6.45) is 1.45. The molecule has 2 saturated heterocycles. The van der Waals surface area contributed by atoms with E-state index < -0.39 is 11.8 Å². The standard InChI is InChI=1S/C12H18F2N2O/c13-12(14)3-1-2-8-6-16(7-10(8)12)11(17)9-4-15-5-9/h8-10,15H,1-7H2/t8-,10+/m1/s1. The van der Waals surface area contributed by atoms with Gasteiger partial charge in [0.25, 0.3) is 5.92 Å². The molecule has 3 fully saturated rings. The van der Waals surface area contributed by atoms with Gasteiger partial charge in [0.15, 0.2) is 0 Å². The molecule has 17 heavy (non-hydrogen) atoms. The monoisotopic (exact) mass is 244 g/mol. The van der Waals surface area contributed by atoms with Gasteiger partial charge < -0.3 is 10.2 Å². The first kappa shape index (κ1) is 11.4. The fraction of sp³-hybridized carbons (Fsp3) is 0.917. The van der Waals surface area contributed by atoms with Crippen LogP contribution in [0.3, 0.4) is 0 Å². The molecule has 0 bridgehead atoms. The zero-order valence-corrected chi connectivity index (χ0v) is 9.79. The van der Waals surface area contributed by atoms with Crippen molar-refractivity contribution in [3.63, 3.8) is 0 Å². The predicted molar refractivity (Wildman–Crippen MR) is 58.7 cm³/mol. The number of hydrogen-bond acceptors (Lipinski definition) is 2. The van der Waals surface area contributed by atoms with E-state index in [9.17, 15) is 13.6 Å². The quantitative estimate of drug-likeness (QED) is 0.749.